The predicted molar refractivity (Wildman–Crippen MR) is 73.3 cm³/mol. The fourth-order valence-corrected chi connectivity index (χ4v) is 2.31. The van der Waals surface area contributed by atoms with E-state index in [4.69, 9.17) is 9.84 Å². The third kappa shape index (κ3) is 3.91. The van der Waals surface area contributed by atoms with Crippen molar-refractivity contribution in [3.63, 3.8) is 0 Å². The van der Waals surface area contributed by atoms with Crippen LogP contribution < -0.4 is 0 Å². The molecule has 0 spiro atoms. The molecular weight excluding hydrogens is 276 g/mol. The van der Waals surface area contributed by atoms with Crippen molar-refractivity contribution in [2.75, 3.05) is 19.7 Å². The van der Waals surface area contributed by atoms with Gasteiger partial charge in [-0.3, -0.25) is 9.59 Å². The van der Waals surface area contributed by atoms with E-state index in [1.54, 1.807) is 11.0 Å². The Morgan fingerprint density at radius 2 is 2.05 bits per heavy atom. The maximum Gasteiger partial charge on any atom is 0.329 e. The summed E-state index contributed by atoms with van der Waals surface area (Å²) in [7, 11) is 0. The number of likely N-dealkylation sites (tertiary alicyclic amines) is 1. The van der Waals surface area contributed by atoms with Gasteiger partial charge in [0.1, 0.15) is 12.3 Å². The number of Topliss-reactive ketones (excluding diaryl/α,β-unsaturated/α-hetero) is 1. The van der Waals surface area contributed by atoms with Crippen molar-refractivity contribution in [1.29, 1.82) is 0 Å². The molecule has 0 aliphatic carbocycles. The van der Waals surface area contributed by atoms with E-state index in [0.29, 0.717) is 37.2 Å². The zero-order chi connectivity index (χ0) is 15.4. The molecule has 1 aliphatic rings. The van der Waals surface area contributed by atoms with Gasteiger partial charge in [-0.15, -0.1) is 0 Å². The second-order valence-electron chi connectivity index (χ2n) is 5.05. The number of rotatable bonds is 5. The maximum absolute atomic E-state index is 12.3. The van der Waals surface area contributed by atoms with Crippen molar-refractivity contribution in [2.24, 2.45) is 0 Å². The minimum Gasteiger partial charge on any atom is -0.480 e. The van der Waals surface area contributed by atoms with Crippen LogP contribution in [0.1, 0.15) is 40.6 Å². The molecule has 7 nitrogen and oxygen atoms in total. The van der Waals surface area contributed by atoms with Gasteiger partial charge in [0.2, 0.25) is 0 Å². The first-order valence-corrected chi connectivity index (χ1v) is 6.79. The summed E-state index contributed by atoms with van der Waals surface area (Å²) in [5.74, 6) is -1.23. The van der Waals surface area contributed by atoms with E-state index in [-0.39, 0.29) is 24.4 Å². The third-order valence-electron chi connectivity index (χ3n) is 3.49. The van der Waals surface area contributed by atoms with Crippen molar-refractivity contribution in [3.8, 4) is 0 Å². The topological polar surface area (TPSA) is 99.7 Å². The molecule has 0 radical (unpaired) electrons. The molecule has 0 saturated carbocycles. The van der Waals surface area contributed by atoms with Gasteiger partial charge in [-0.25, -0.2) is 4.79 Å². The number of carboxylic acid groups (broad SMARTS) is 1. The van der Waals surface area contributed by atoms with E-state index >= 15 is 0 Å². The van der Waals surface area contributed by atoms with E-state index in [0.717, 1.165) is 0 Å². The molecule has 2 N–H and O–H groups in total. The first-order valence-electron chi connectivity index (χ1n) is 6.79. The Morgan fingerprint density at radius 1 is 1.38 bits per heavy atom. The highest BCUT2D eigenvalue weighted by Gasteiger charge is 2.25. The summed E-state index contributed by atoms with van der Waals surface area (Å²) in [6, 6.07) is 1.55. The number of hydrogen-bond donors (Lipinski definition) is 2. The molecular formula is C14H18N2O5. The third-order valence-corrected chi connectivity index (χ3v) is 3.49. The Bertz CT molecular complexity index is 543. The van der Waals surface area contributed by atoms with Gasteiger partial charge in [0.15, 0.2) is 5.78 Å². The van der Waals surface area contributed by atoms with Crippen LogP contribution in [0, 0.1) is 0 Å². The summed E-state index contributed by atoms with van der Waals surface area (Å²) in [5.41, 5.74) is 0.878. The Kier molecular flexibility index (Phi) is 4.74. The zero-order valence-corrected chi connectivity index (χ0v) is 11.8. The molecule has 0 atom stereocenters. The minimum absolute atomic E-state index is 0.0916. The van der Waals surface area contributed by atoms with Crippen molar-refractivity contribution in [3.05, 3.63) is 23.5 Å². The first-order chi connectivity index (χ1) is 9.97. The quantitative estimate of drug-likeness (QED) is 0.787. The van der Waals surface area contributed by atoms with Crippen LogP contribution in [0.4, 0.5) is 0 Å². The van der Waals surface area contributed by atoms with E-state index in [2.05, 4.69) is 4.98 Å². The van der Waals surface area contributed by atoms with Crippen molar-refractivity contribution < 1.29 is 24.2 Å². The summed E-state index contributed by atoms with van der Waals surface area (Å²) >= 11 is 0. The summed E-state index contributed by atoms with van der Waals surface area (Å²) in [4.78, 5) is 38.4. The number of ketones is 1. The van der Waals surface area contributed by atoms with Gasteiger partial charge in [0, 0.05) is 24.8 Å². The molecule has 0 aromatic carbocycles. The van der Waals surface area contributed by atoms with Crippen molar-refractivity contribution >= 4 is 17.7 Å². The molecule has 114 valence electrons. The van der Waals surface area contributed by atoms with Gasteiger partial charge in [0.05, 0.1) is 6.10 Å². The number of ether oxygens (including phenoxy) is 1. The number of aliphatic carboxylic acids is 1. The largest absolute Gasteiger partial charge is 0.480 e. The number of hydrogen-bond acceptors (Lipinski definition) is 4. The number of piperidine rings is 1. The average Bonchev–Trinajstić information content (AvgIpc) is 2.95. The fraction of sp³-hybridized carbons (Fsp3) is 0.500. The normalized spacial score (nSPS) is 16.0. The number of H-pyrrole nitrogens is 1. The first kappa shape index (κ1) is 15.2. The minimum atomic E-state index is -0.989. The van der Waals surface area contributed by atoms with Crippen LogP contribution >= 0.6 is 0 Å². The van der Waals surface area contributed by atoms with Crippen molar-refractivity contribution in [1.82, 2.24) is 9.88 Å². The van der Waals surface area contributed by atoms with E-state index in [1.807, 2.05) is 0 Å². The van der Waals surface area contributed by atoms with Gasteiger partial charge < -0.3 is 19.7 Å². The molecule has 21 heavy (non-hydrogen) atoms. The van der Waals surface area contributed by atoms with Gasteiger partial charge in [0.25, 0.3) is 5.91 Å². The number of amides is 1. The lowest BCUT2D eigenvalue weighted by Crippen LogP contribution is -2.41. The summed E-state index contributed by atoms with van der Waals surface area (Å²) in [6.45, 7) is 2.16. The maximum atomic E-state index is 12.3. The van der Waals surface area contributed by atoms with E-state index in [9.17, 15) is 14.4 Å². The molecule has 1 amide bonds. The van der Waals surface area contributed by atoms with E-state index < -0.39 is 5.97 Å². The van der Waals surface area contributed by atoms with E-state index in [1.165, 1.54) is 13.1 Å². The average molecular weight is 294 g/mol. The van der Waals surface area contributed by atoms with Gasteiger partial charge >= 0.3 is 5.97 Å². The van der Waals surface area contributed by atoms with Crippen LogP contribution in [0.15, 0.2) is 12.3 Å². The smallest absolute Gasteiger partial charge is 0.329 e. The molecule has 2 heterocycles. The zero-order valence-electron chi connectivity index (χ0n) is 11.8. The molecule has 0 bridgehead atoms. The fourth-order valence-electron chi connectivity index (χ4n) is 2.31. The SMILES string of the molecule is CC(=O)c1c[nH]c(C(=O)N2CCC(OCC(=O)O)CC2)c1. The highest BCUT2D eigenvalue weighted by molar-refractivity contribution is 5.99. The van der Waals surface area contributed by atoms with Gasteiger partial charge in [-0.05, 0) is 25.8 Å². The number of aromatic nitrogens is 1. The molecule has 0 unspecified atom stereocenters. The molecule has 1 aromatic rings. The molecule has 1 aromatic heterocycles. The number of nitrogens with one attached hydrogen (secondary N) is 1. The Morgan fingerprint density at radius 3 is 2.57 bits per heavy atom. The predicted octanol–water partition coefficient (Wildman–Crippen LogP) is 0.923. The second-order valence-corrected chi connectivity index (χ2v) is 5.05. The lowest BCUT2D eigenvalue weighted by Gasteiger charge is -2.31. The lowest BCUT2D eigenvalue weighted by molar-refractivity contribution is -0.145. The molecule has 7 heteroatoms. The number of carbonyl (C=O) groups excluding carboxylic acids is 2. The molecule has 1 fully saturated rings. The van der Waals surface area contributed by atoms with Crippen LogP contribution in [-0.4, -0.2) is 58.5 Å². The van der Waals surface area contributed by atoms with Gasteiger partial charge in [-0.2, -0.15) is 0 Å². The summed E-state index contributed by atoms with van der Waals surface area (Å²) < 4.78 is 5.22. The van der Waals surface area contributed by atoms with Crippen LogP contribution in [0.5, 0.6) is 0 Å². The lowest BCUT2D eigenvalue weighted by atomic mass is 10.1. The Labute approximate surface area is 121 Å². The Balaban J connectivity index is 1.87. The Hall–Kier alpha value is -2.15. The second kappa shape index (κ2) is 6.53. The number of nitrogens with zero attached hydrogens (tertiary/aromatic N) is 1. The number of carbonyl (C=O) groups is 3. The number of aromatic amines is 1. The standard InChI is InChI=1S/C14H18N2O5/c1-9(17)10-6-12(15-7-10)14(20)16-4-2-11(3-5-16)21-8-13(18)19/h6-7,11,15H,2-5,8H2,1H3,(H,18,19). The molecule has 2 rings (SSSR count). The van der Waals surface area contributed by atoms with Crippen LogP contribution in [0.3, 0.4) is 0 Å². The van der Waals surface area contributed by atoms with Crippen LogP contribution in [-0.2, 0) is 9.53 Å². The number of carboxylic acids is 1. The highest BCUT2D eigenvalue weighted by Crippen LogP contribution is 2.16. The molecule has 1 saturated heterocycles. The highest BCUT2D eigenvalue weighted by atomic mass is 16.5. The van der Waals surface area contributed by atoms with Crippen LogP contribution in [0.25, 0.3) is 0 Å². The van der Waals surface area contributed by atoms with Crippen molar-refractivity contribution in [2.45, 2.75) is 25.9 Å². The monoisotopic (exact) mass is 294 g/mol. The summed E-state index contributed by atoms with van der Waals surface area (Å²) in [6.07, 6.45) is 2.62. The van der Waals surface area contributed by atoms with Gasteiger partial charge in [-0.1, -0.05) is 0 Å². The molecule has 1 aliphatic heterocycles. The van der Waals surface area contributed by atoms with Crippen LogP contribution in [0.2, 0.25) is 0 Å². The summed E-state index contributed by atoms with van der Waals surface area (Å²) in [5, 5.41) is 8.56.